The number of hydrogen-bond acceptors (Lipinski definition) is 6. The highest BCUT2D eigenvalue weighted by atomic mass is 16.1. The van der Waals surface area contributed by atoms with E-state index >= 15 is 0 Å². The van der Waals surface area contributed by atoms with Crippen molar-refractivity contribution in [2.75, 3.05) is 32.5 Å². The number of nitrogens with one attached hydrogen (secondary N) is 2. The Morgan fingerprint density at radius 3 is 1.97 bits per heavy atom. The molecule has 2 rings (SSSR count). The number of likely N-dealkylation sites (tertiary alicyclic amines) is 1. The molecular formula is C28H51N3O3. The monoisotopic (exact) mass is 477 g/mol. The van der Waals surface area contributed by atoms with E-state index in [0.29, 0.717) is 25.3 Å². The normalized spacial score (nSPS) is 13.5. The Balaban J connectivity index is 0. The molecule has 0 bridgehead atoms. The molecule has 0 amide bonds. The number of carbonyl (C=O) groups excluding carboxylic acids is 3. The number of nitrogens with zero attached hydrogens (tertiary/aromatic N) is 1. The first kappa shape index (κ1) is 34.1. The molecule has 1 saturated heterocycles. The fraction of sp³-hybridized carbons (Fsp3) is 0.679. The lowest BCUT2D eigenvalue weighted by molar-refractivity contribution is -0.123. The second-order valence-electron chi connectivity index (χ2n) is 8.85. The highest BCUT2D eigenvalue weighted by Crippen LogP contribution is 2.12. The van der Waals surface area contributed by atoms with Gasteiger partial charge in [0, 0.05) is 48.5 Å². The van der Waals surface area contributed by atoms with E-state index in [1.165, 1.54) is 25.9 Å². The zero-order valence-corrected chi connectivity index (χ0v) is 23.2. The minimum Gasteiger partial charge on any atom is -0.383 e. The van der Waals surface area contributed by atoms with Crippen LogP contribution in [0.25, 0.3) is 0 Å². The topological polar surface area (TPSA) is 78.5 Å². The third-order valence-corrected chi connectivity index (χ3v) is 5.26. The molecule has 0 saturated carbocycles. The molecule has 6 nitrogen and oxygen atoms in total. The number of anilines is 1. The number of benzene rings is 1. The van der Waals surface area contributed by atoms with Crippen LogP contribution in [0.3, 0.4) is 0 Å². The minimum absolute atomic E-state index is 0.0740. The second kappa shape index (κ2) is 21.5. The molecule has 0 aliphatic carbocycles. The molecule has 1 aliphatic rings. The van der Waals surface area contributed by atoms with Gasteiger partial charge in [-0.1, -0.05) is 34.6 Å². The van der Waals surface area contributed by atoms with Crippen molar-refractivity contribution in [1.82, 2.24) is 10.2 Å². The molecule has 0 spiro atoms. The van der Waals surface area contributed by atoms with E-state index < -0.39 is 0 Å². The molecule has 2 N–H and O–H groups in total. The van der Waals surface area contributed by atoms with Gasteiger partial charge in [0.1, 0.15) is 12.1 Å². The Bertz CT molecular complexity index is 649. The number of ketones is 2. The van der Waals surface area contributed by atoms with Crippen LogP contribution in [0.4, 0.5) is 5.69 Å². The van der Waals surface area contributed by atoms with Gasteiger partial charge in [-0.05, 0) is 78.1 Å². The third kappa shape index (κ3) is 17.4. The van der Waals surface area contributed by atoms with Gasteiger partial charge in [0.05, 0.1) is 0 Å². The Morgan fingerprint density at radius 1 is 1.06 bits per heavy atom. The summed E-state index contributed by atoms with van der Waals surface area (Å²) in [7, 11) is 4.24. The summed E-state index contributed by atoms with van der Waals surface area (Å²) < 4.78 is 0. The van der Waals surface area contributed by atoms with Crippen molar-refractivity contribution in [3.05, 3.63) is 29.8 Å². The van der Waals surface area contributed by atoms with E-state index in [0.717, 1.165) is 23.6 Å². The molecule has 1 aromatic rings. The van der Waals surface area contributed by atoms with Crippen molar-refractivity contribution < 1.29 is 14.4 Å². The summed E-state index contributed by atoms with van der Waals surface area (Å²) in [5.41, 5.74) is 1.86. The number of carbonyl (C=O) groups is 3. The van der Waals surface area contributed by atoms with Crippen molar-refractivity contribution in [3.8, 4) is 0 Å². The van der Waals surface area contributed by atoms with Crippen LogP contribution in [0.5, 0.6) is 0 Å². The number of aldehydes is 1. The first-order valence-corrected chi connectivity index (χ1v) is 12.9. The van der Waals surface area contributed by atoms with Gasteiger partial charge < -0.3 is 20.3 Å². The summed E-state index contributed by atoms with van der Waals surface area (Å²) in [4.78, 5) is 34.2. The maximum Gasteiger partial charge on any atom is 0.162 e. The molecule has 0 unspecified atom stereocenters. The number of hydrogen-bond donors (Lipinski definition) is 2. The molecule has 0 radical (unpaired) electrons. The first-order valence-electron chi connectivity index (χ1n) is 12.9. The quantitative estimate of drug-likeness (QED) is 0.355. The predicted molar refractivity (Wildman–Crippen MR) is 146 cm³/mol. The second-order valence-corrected chi connectivity index (χ2v) is 8.85. The van der Waals surface area contributed by atoms with Gasteiger partial charge in [-0.3, -0.25) is 9.59 Å². The summed E-state index contributed by atoms with van der Waals surface area (Å²) in [5.74, 6) is 0.438. The molecule has 1 aromatic carbocycles. The van der Waals surface area contributed by atoms with Crippen LogP contribution in [-0.2, 0) is 9.59 Å². The maximum absolute atomic E-state index is 11.3. The molecule has 196 valence electrons. The molecule has 0 aromatic heterocycles. The summed E-state index contributed by atoms with van der Waals surface area (Å²) in [6.07, 6.45) is 4.75. The van der Waals surface area contributed by atoms with Gasteiger partial charge in [-0.2, -0.15) is 0 Å². The van der Waals surface area contributed by atoms with E-state index in [1.54, 1.807) is 0 Å². The van der Waals surface area contributed by atoms with Crippen LogP contribution in [0.1, 0.15) is 90.9 Å². The van der Waals surface area contributed by atoms with E-state index in [-0.39, 0.29) is 17.5 Å². The number of Topliss-reactive ketones (excluding diaryl/α,β-unsaturated/α-hetero) is 2. The van der Waals surface area contributed by atoms with E-state index in [1.807, 2.05) is 58.9 Å². The summed E-state index contributed by atoms with van der Waals surface area (Å²) in [5, 5.41) is 6.58. The van der Waals surface area contributed by atoms with Crippen molar-refractivity contribution in [3.63, 3.8) is 0 Å². The summed E-state index contributed by atoms with van der Waals surface area (Å²) in [6.45, 7) is 16.2. The zero-order chi connectivity index (χ0) is 26.5. The lowest BCUT2D eigenvalue weighted by Gasteiger charge is -2.28. The average molecular weight is 478 g/mol. The predicted octanol–water partition coefficient (Wildman–Crippen LogP) is 5.62. The highest BCUT2D eigenvalue weighted by molar-refractivity contribution is 5.96. The van der Waals surface area contributed by atoms with E-state index in [4.69, 9.17) is 0 Å². The van der Waals surface area contributed by atoms with E-state index in [9.17, 15) is 14.4 Å². The van der Waals surface area contributed by atoms with Gasteiger partial charge in [0.2, 0.25) is 0 Å². The van der Waals surface area contributed by atoms with Crippen LogP contribution in [0.2, 0.25) is 0 Å². The van der Waals surface area contributed by atoms with Gasteiger partial charge >= 0.3 is 0 Å². The van der Waals surface area contributed by atoms with Gasteiger partial charge in [-0.25, -0.2) is 0 Å². The molecular weight excluding hydrogens is 426 g/mol. The molecule has 6 heteroatoms. The molecule has 1 fully saturated rings. The largest absolute Gasteiger partial charge is 0.383 e. The smallest absolute Gasteiger partial charge is 0.162 e. The maximum atomic E-state index is 11.3. The Labute approximate surface area is 209 Å². The molecule has 1 aliphatic heterocycles. The van der Waals surface area contributed by atoms with Crippen molar-refractivity contribution in [1.29, 1.82) is 0 Å². The summed E-state index contributed by atoms with van der Waals surface area (Å²) in [6, 6.07) is 8.84. The SMILES string of the molecule is CC.CC(C)C(=O)CCC=O.CCC(=O)c1ccc(NC(C)C)cc1.CNC1CCN(C)CC1. The Morgan fingerprint density at radius 2 is 1.59 bits per heavy atom. The fourth-order valence-electron chi connectivity index (χ4n) is 3.08. The molecule has 0 atom stereocenters. The summed E-state index contributed by atoms with van der Waals surface area (Å²) >= 11 is 0. The molecule has 1 heterocycles. The van der Waals surface area contributed by atoms with Crippen molar-refractivity contribution in [2.24, 2.45) is 5.92 Å². The number of piperidine rings is 1. The van der Waals surface area contributed by atoms with Crippen LogP contribution in [0, 0.1) is 5.92 Å². The zero-order valence-electron chi connectivity index (χ0n) is 23.2. The first-order chi connectivity index (χ1) is 16.1. The fourth-order valence-corrected chi connectivity index (χ4v) is 3.08. The highest BCUT2D eigenvalue weighted by Gasteiger charge is 2.13. The van der Waals surface area contributed by atoms with Crippen LogP contribution in [0.15, 0.2) is 24.3 Å². The third-order valence-electron chi connectivity index (χ3n) is 5.26. The number of rotatable bonds is 9. The van der Waals surface area contributed by atoms with Gasteiger partial charge in [0.25, 0.3) is 0 Å². The van der Waals surface area contributed by atoms with Gasteiger partial charge in [-0.15, -0.1) is 0 Å². The Hall–Kier alpha value is -2.05. The lowest BCUT2D eigenvalue weighted by Crippen LogP contribution is -2.39. The van der Waals surface area contributed by atoms with Crippen LogP contribution >= 0.6 is 0 Å². The van der Waals surface area contributed by atoms with Crippen LogP contribution in [-0.4, -0.2) is 62.0 Å². The average Bonchev–Trinajstić information content (AvgIpc) is 2.84. The van der Waals surface area contributed by atoms with Crippen molar-refractivity contribution in [2.45, 2.75) is 92.7 Å². The molecule has 34 heavy (non-hydrogen) atoms. The lowest BCUT2D eigenvalue weighted by atomic mass is 10.1. The van der Waals surface area contributed by atoms with E-state index in [2.05, 4.69) is 43.5 Å². The standard InChI is InChI=1S/C12H17NO.C7H16N2.C7H12O2.C2H6/c1-4-12(14)10-5-7-11(8-6-10)13-9(2)3;1-8-7-3-5-9(2)6-4-7;1-6(2)7(9)4-3-5-8;1-2/h5-9,13H,4H2,1-3H3;7-8H,3-6H2,1-2H3;5-6H,3-4H2,1-2H3;1-2H3. The minimum atomic E-state index is 0.0740. The van der Waals surface area contributed by atoms with Crippen LogP contribution < -0.4 is 10.6 Å². The van der Waals surface area contributed by atoms with Crippen molar-refractivity contribution >= 4 is 23.5 Å². The van der Waals surface area contributed by atoms with Gasteiger partial charge in [0.15, 0.2) is 5.78 Å². The Kier molecular flexibility index (Phi) is 21.6.